The van der Waals surface area contributed by atoms with Gasteiger partial charge in [-0.1, -0.05) is 46.8 Å². The van der Waals surface area contributed by atoms with Crippen molar-refractivity contribution < 1.29 is 13.5 Å². The Balaban J connectivity index is 2.23. The molecule has 4 nitrogen and oxygen atoms in total. The molecule has 0 spiro atoms. The van der Waals surface area contributed by atoms with Crippen LogP contribution in [0.15, 0.2) is 27.6 Å². The molecule has 2 rings (SSSR count). The Labute approximate surface area is 139 Å². The molecule has 2 N–H and O–H groups in total. The molecule has 0 radical (unpaired) electrons. The predicted molar refractivity (Wildman–Crippen MR) is 86.9 cm³/mol. The molecule has 1 saturated carbocycles. The highest BCUT2D eigenvalue weighted by Crippen LogP contribution is 2.28. The smallest absolute Gasteiger partial charge is 0.242 e. The summed E-state index contributed by atoms with van der Waals surface area (Å²) in [6.07, 6.45) is 4.67. The molecule has 1 aliphatic carbocycles. The molecule has 118 valence electrons. The van der Waals surface area contributed by atoms with Crippen molar-refractivity contribution in [2.24, 2.45) is 5.92 Å². The zero-order chi connectivity index (χ0) is 15.5. The van der Waals surface area contributed by atoms with Crippen molar-refractivity contribution in [2.45, 2.75) is 43.0 Å². The average molecular weight is 397 g/mol. The van der Waals surface area contributed by atoms with Crippen molar-refractivity contribution in [1.29, 1.82) is 0 Å². The first-order chi connectivity index (χ1) is 9.94. The number of benzene rings is 1. The van der Waals surface area contributed by atoms with Gasteiger partial charge in [-0.2, -0.15) is 0 Å². The van der Waals surface area contributed by atoms with Gasteiger partial charge in [0.15, 0.2) is 0 Å². The monoisotopic (exact) mass is 395 g/mol. The molecular weight excluding hydrogens is 378 g/mol. The minimum absolute atomic E-state index is 0.00125. The standard InChI is InChI=1S/C14H19BrClNO3S/c15-11-6-7-14(12(16)8-11)21(19,20)17-13-5-3-1-2-4-10(13)9-18/h6-8,10,13,17-18H,1-5,9H2/t10-,13-/m0/s1. The van der Waals surface area contributed by atoms with Gasteiger partial charge in [-0.3, -0.25) is 0 Å². The van der Waals surface area contributed by atoms with Crippen LogP contribution in [0.2, 0.25) is 5.02 Å². The number of halogens is 2. The Hall–Kier alpha value is -0.140. The second kappa shape index (κ2) is 7.42. The quantitative estimate of drug-likeness (QED) is 0.767. The first-order valence-corrected chi connectivity index (χ1v) is 9.67. The van der Waals surface area contributed by atoms with Crippen molar-refractivity contribution in [2.75, 3.05) is 6.61 Å². The topological polar surface area (TPSA) is 66.4 Å². The van der Waals surface area contributed by atoms with Gasteiger partial charge in [0.05, 0.1) is 5.02 Å². The Bertz CT molecular complexity index is 594. The average Bonchev–Trinajstić information content (AvgIpc) is 2.62. The van der Waals surface area contributed by atoms with Crippen LogP contribution in [-0.2, 0) is 10.0 Å². The van der Waals surface area contributed by atoms with Gasteiger partial charge in [-0.15, -0.1) is 0 Å². The zero-order valence-corrected chi connectivity index (χ0v) is 14.7. The lowest BCUT2D eigenvalue weighted by atomic mass is 9.97. The Morgan fingerprint density at radius 3 is 2.67 bits per heavy atom. The lowest BCUT2D eigenvalue weighted by Crippen LogP contribution is -2.41. The number of sulfonamides is 1. The molecule has 0 aromatic heterocycles. The Morgan fingerprint density at radius 2 is 2.00 bits per heavy atom. The van der Waals surface area contributed by atoms with Gasteiger partial charge in [-0.25, -0.2) is 13.1 Å². The van der Waals surface area contributed by atoms with Gasteiger partial charge in [-0.05, 0) is 37.0 Å². The van der Waals surface area contributed by atoms with Gasteiger partial charge >= 0.3 is 0 Å². The lowest BCUT2D eigenvalue weighted by molar-refractivity contribution is 0.191. The summed E-state index contributed by atoms with van der Waals surface area (Å²) in [7, 11) is -3.68. The number of hydrogen-bond acceptors (Lipinski definition) is 3. The molecule has 0 amide bonds. The molecule has 0 saturated heterocycles. The minimum atomic E-state index is -3.68. The number of hydrogen-bond donors (Lipinski definition) is 2. The van der Waals surface area contributed by atoms with Gasteiger partial charge in [0.25, 0.3) is 0 Å². The van der Waals surface area contributed by atoms with Crippen LogP contribution in [-0.4, -0.2) is 26.2 Å². The molecule has 1 aliphatic rings. The maximum absolute atomic E-state index is 12.5. The fraction of sp³-hybridized carbons (Fsp3) is 0.571. The molecule has 0 heterocycles. The number of aliphatic hydroxyl groups is 1. The SMILES string of the molecule is O=S(=O)(N[C@H]1CCCCC[C@H]1CO)c1ccc(Br)cc1Cl. The van der Waals surface area contributed by atoms with Gasteiger partial charge in [0.2, 0.25) is 10.0 Å². The van der Waals surface area contributed by atoms with E-state index < -0.39 is 10.0 Å². The Morgan fingerprint density at radius 1 is 1.29 bits per heavy atom. The number of nitrogens with one attached hydrogen (secondary N) is 1. The van der Waals surface area contributed by atoms with Crippen molar-refractivity contribution in [3.8, 4) is 0 Å². The first kappa shape index (κ1) is 17.2. The van der Waals surface area contributed by atoms with E-state index in [0.29, 0.717) is 0 Å². The van der Waals surface area contributed by atoms with E-state index in [1.807, 2.05) is 0 Å². The number of aliphatic hydroxyl groups excluding tert-OH is 1. The minimum Gasteiger partial charge on any atom is -0.396 e. The van der Waals surface area contributed by atoms with Crippen LogP contribution in [0.4, 0.5) is 0 Å². The van der Waals surface area contributed by atoms with Gasteiger partial charge < -0.3 is 5.11 Å². The molecule has 7 heteroatoms. The molecule has 0 aliphatic heterocycles. The second-order valence-corrected chi connectivity index (χ2v) is 8.39. The van der Waals surface area contributed by atoms with E-state index in [2.05, 4.69) is 20.7 Å². The third kappa shape index (κ3) is 4.42. The first-order valence-electron chi connectivity index (χ1n) is 7.02. The van der Waals surface area contributed by atoms with Crippen molar-refractivity contribution in [1.82, 2.24) is 4.72 Å². The van der Waals surface area contributed by atoms with E-state index in [4.69, 9.17) is 11.6 Å². The molecule has 1 aromatic carbocycles. The maximum atomic E-state index is 12.5. The third-order valence-electron chi connectivity index (χ3n) is 3.88. The zero-order valence-electron chi connectivity index (χ0n) is 11.6. The highest BCUT2D eigenvalue weighted by molar-refractivity contribution is 9.10. The van der Waals surface area contributed by atoms with E-state index in [1.54, 1.807) is 12.1 Å². The van der Waals surface area contributed by atoms with Crippen LogP contribution < -0.4 is 4.72 Å². The van der Waals surface area contributed by atoms with Crippen LogP contribution in [0.25, 0.3) is 0 Å². The van der Waals surface area contributed by atoms with E-state index in [1.165, 1.54) is 6.07 Å². The summed E-state index contributed by atoms with van der Waals surface area (Å²) in [4.78, 5) is 0.0771. The molecule has 1 fully saturated rings. The molecular formula is C14H19BrClNO3S. The van der Waals surface area contributed by atoms with Crippen molar-refractivity contribution in [3.63, 3.8) is 0 Å². The third-order valence-corrected chi connectivity index (χ3v) is 6.35. The van der Waals surface area contributed by atoms with Crippen LogP contribution in [0.3, 0.4) is 0 Å². The molecule has 2 atom stereocenters. The Kier molecular flexibility index (Phi) is 6.08. The highest BCUT2D eigenvalue weighted by atomic mass is 79.9. The van der Waals surface area contributed by atoms with E-state index in [0.717, 1.165) is 36.6 Å². The van der Waals surface area contributed by atoms with Crippen LogP contribution >= 0.6 is 27.5 Å². The summed E-state index contributed by atoms with van der Waals surface area (Å²) in [6, 6.07) is 4.46. The summed E-state index contributed by atoms with van der Waals surface area (Å²) >= 11 is 9.30. The summed E-state index contributed by atoms with van der Waals surface area (Å²) in [6.45, 7) is 0.00125. The van der Waals surface area contributed by atoms with Crippen molar-refractivity contribution in [3.05, 3.63) is 27.7 Å². The van der Waals surface area contributed by atoms with E-state index >= 15 is 0 Å². The summed E-state index contributed by atoms with van der Waals surface area (Å²) in [5.74, 6) is -0.0310. The largest absolute Gasteiger partial charge is 0.396 e. The fourth-order valence-corrected chi connectivity index (χ4v) is 5.09. The summed E-state index contributed by atoms with van der Waals surface area (Å²) in [5, 5.41) is 9.66. The highest BCUT2D eigenvalue weighted by Gasteiger charge is 2.29. The number of rotatable bonds is 4. The summed E-state index contributed by atoms with van der Waals surface area (Å²) in [5.41, 5.74) is 0. The summed E-state index contributed by atoms with van der Waals surface area (Å²) < 4.78 is 28.5. The molecule has 0 unspecified atom stereocenters. The van der Waals surface area contributed by atoms with E-state index in [-0.39, 0.29) is 28.5 Å². The van der Waals surface area contributed by atoms with Crippen LogP contribution in [0.1, 0.15) is 32.1 Å². The van der Waals surface area contributed by atoms with Crippen molar-refractivity contribution >= 4 is 37.6 Å². The normalized spacial score (nSPS) is 23.8. The predicted octanol–water partition coefficient (Wildman–Crippen LogP) is 3.32. The van der Waals surface area contributed by atoms with Gasteiger partial charge in [0.1, 0.15) is 4.90 Å². The van der Waals surface area contributed by atoms with Gasteiger partial charge in [0, 0.05) is 17.1 Å². The fourth-order valence-electron chi connectivity index (χ4n) is 2.71. The lowest BCUT2D eigenvalue weighted by Gasteiger charge is -2.24. The molecule has 1 aromatic rings. The van der Waals surface area contributed by atoms with E-state index in [9.17, 15) is 13.5 Å². The van der Waals surface area contributed by atoms with Crippen LogP contribution in [0, 0.1) is 5.92 Å². The van der Waals surface area contributed by atoms with Crippen LogP contribution in [0.5, 0.6) is 0 Å². The molecule has 21 heavy (non-hydrogen) atoms. The maximum Gasteiger partial charge on any atom is 0.242 e. The molecule has 0 bridgehead atoms. The second-order valence-electron chi connectivity index (χ2n) is 5.38.